The zero-order valence-electron chi connectivity index (χ0n) is 9.99. The first-order chi connectivity index (χ1) is 8.60. The first kappa shape index (κ1) is 13.7. The van der Waals surface area contributed by atoms with E-state index in [1.165, 1.54) is 10.9 Å². The van der Waals surface area contributed by atoms with Crippen LogP contribution in [0, 0.1) is 5.82 Å². The normalized spacial score (nSPS) is 12.7. The second-order valence-corrected chi connectivity index (χ2v) is 6.23. The van der Waals surface area contributed by atoms with Gasteiger partial charge in [-0.25, -0.2) is 4.39 Å². The number of aliphatic hydroxyl groups excluding tert-OH is 1. The van der Waals surface area contributed by atoms with Crippen molar-refractivity contribution < 1.29 is 9.50 Å². The third-order valence-corrected chi connectivity index (χ3v) is 4.60. The van der Waals surface area contributed by atoms with Crippen LogP contribution in [0.4, 0.5) is 4.39 Å². The number of hydrogen-bond donors (Lipinski definition) is 1. The summed E-state index contributed by atoms with van der Waals surface area (Å²) in [5.74, 6) is -0.274. The second-order valence-electron chi connectivity index (χ2n) is 4.11. The Bertz CT molecular complexity index is 538. The van der Waals surface area contributed by atoms with Gasteiger partial charge in [0.25, 0.3) is 0 Å². The van der Waals surface area contributed by atoms with Crippen molar-refractivity contribution in [2.45, 2.75) is 25.9 Å². The predicted octanol–water partition coefficient (Wildman–Crippen LogP) is 4.49. The summed E-state index contributed by atoms with van der Waals surface area (Å²) in [5, 5.41) is 10.1. The van der Waals surface area contributed by atoms with Gasteiger partial charge in [-0.2, -0.15) is 0 Å². The second kappa shape index (κ2) is 5.95. The molecule has 0 fully saturated rings. The first-order valence-electron chi connectivity index (χ1n) is 5.80. The lowest BCUT2D eigenvalue weighted by molar-refractivity contribution is 0.181. The monoisotopic (exact) mass is 328 g/mol. The minimum atomic E-state index is -0.640. The molecule has 96 valence electrons. The van der Waals surface area contributed by atoms with E-state index in [1.54, 1.807) is 23.5 Å². The molecular formula is C14H14BrFOS. The van der Waals surface area contributed by atoms with E-state index in [9.17, 15) is 9.50 Å². The summed E-state index contributed by atoms with van der Waals surface area (Å²) < 4.78 is 14.4. The Hall–Kier alpha value is -0.710. The van der Waals surface area contributed by atoms with E-state index in [0.717, 1.165) is 15.8 Å². The molecule has 0 aliphatic heterocycles. The molecular weight excluding hydrogens is 315 g/mol. The van der Waals surface area contributed by atoms with Crippen molar-refractivity contribution >= 4 is 27.3 Å². The van der Waals surface area contributed by atoms with Crippen LogP contribution in [0.2, 0.25) is 0 Å². The van der Waals surface area contributed by atoms with Crippen LogP contribution in [0.1, 0.15) is 28.3 Å². The van der Waals surface area contributed by atoms with Crippen LogP contribution >= 0.6 is 27.3 Å². The van der Waals surface area contributed by atoms with Crippen molar-refractivity contribution in [2.24, 2.45) is 0 Å². The fourth-order valence-electron chi connectivity index (χ4n) is 1.77. The van der Waals surface area contributed by atoms with E-state index in [-0.39, 0.29) is 5.82 Å². The highest BCUT2D eigenvalue weighted by Crippen LogP contribution is 2.28. The molecule has 0 saturated heterocycles. The van der Waals surface area contributed by atoms with Crippen LogP contribution in [-0.2, 0) is 12.8 Å². The van der Waals surface area contributed by atoms with Crippen molar-refractivity contribution in [3.63, 3.8) is 0 Å². The molecule has 1 heterocycles. The Balaban J connectivity index is 2.15. The van der Waals surface area contributed by atoms with E-state index >= 15 is 0 Å². The molecule has 1 N–H and O–H groups in total. The lowest BCUT2D eigenvalue weighted by Gasteiger charge is -2.09. The molecule has 2 aromatic rings. The average Bonchev–Trinajstić information content (AvgIpc) is 2.82. The Morgan fingerprint density at radius 1 is 1.33 bits per heavy atom. The van der Waals surface area contributed by atoms with Crippen LogP contribution < -0.4 is 0 Å². The van der Waals surface area contributed by atoms with Crippen LogP contribution in [-0.4, -0.2) is 5.11 Å². The SMILES string of the molecule is CCc1ccc(C(O)Cc2cc(Br)ccc2F)s1. The molecule has 0 aliphatic carbocycles. The highest BCUT2D eigenvalue weighted by atomic mass is 79.9. The average molecular weight is 329 g/mol. The minimum absolute atomic E-state index is 0.274. The molecule has 0 amide bonds. The van der Waals surface area contributed by atoms with Gasteiger partial charge in [-0.05, 0) is 42.3 Å². The van der Waals surface area contributed by atoms with Gasteiger partial charge in [0.15, 0.2) is 0 Å². The minimum Gasteiger partial charge on any atom is -0.387 e. The highest BCUT2D eigenvalue weighted by molar-refractivity contribution is 9.10. The molecule has 0 radical (unpaired) electrons. The highest BCUT2D eigenvalue weighted by Gasteiger charge is 2.14. The molecule has 2 rings (SSSR count). The van der Waals surface area contributed by atoms with Crippen LogP contribution in [0.3, 0.4) is 0 Å². The molecule has 1 atom stereocenters. The van der Waals surface area contributed by atoms with Gasteiger partial charge in [0.05, 0.1) is 6.10 Å². The van der Waals surface area contributed by atoms with Gasteiger partial charge in [-0.1, -0.05) is 22.9 Å². The van der Waals surface area contributed by atoms with Crippen molar-refractivity contribution in [1.82, 2.24) is 0 Å². The maximum Gasteiger partial charge on any atom is 0.126 e. The number of benzene rings is 1. The molecule has 1 nitrogen and oxygen atoms in total. The summed E-state index contributed by atoms with van der Waals surface area (Å²) in [6, 6.07) is 8.72. The Morgan fingerprint density at radius 2 is 2.11 bits per heavy atom. The van der Waals surface area contributed by atoms with Gasteiger partial charge in [-0.15, -0.1) is 11.3 Å². The van der Waals surface area contributed by atoms with Gasteiger partial charge in [0.1, 0.15) is 5.82 Å². The summed E-state index contributed by atoms with van der Waals surface area (Å²) >= 11 is 4.90. The molecule has 1 unspecified atom stereocenters. The largest absolute Gasteiger partial charge is 0.387 e. The Morgan fingerprint density at radius 3 is 2.78 bits per heavy atom. The van der Waals surface area contributed by atoms with Crippen molar-refractivity contribution in [3.05, 3.63) is 55.9 Å². The lowest BCUT2D eigenvalue weighted by Crippen LogP contribution is -2.01. The maximum atomic E-state index is 13.6. The summed E-state index contributed by atoms with van der Waals surface area (Å²) in [7, 11) is 0. The maximum absolute atomic E-state index is 13.6. The van der Waals surface area contributed by atoms with E-state index in [4.69, 9.17) is 0 Å². The Kier molecular flexibility index (Phi) is 4.54. The van der Waals surface area contributed by atoms with Crippen LogP contribution in [0.5, 0.6) is 0 Å². The van der Waals surface area contributed by atoms with Crippen LogP contribution in [0.25, 0.3) is 0 Å². The lowest BCUT2D eigenvalue weighted by atomic mass is 10.1. The smallest absolute Gasteiger partial charge is 0.126 e. The molecule has 4 heteroatoms. The van der Waals surface area contributed by atoms with Gasteiger partial charge in [0.2, 0.25) is 0 Å². The molecule has 0 saturated carbocycles. The molecule has 1 aromatic carbocycles. The Labute approximate surface area is 118 Å². The number of rotatable bonds is 4. The summed E-state index contributed by atoms with van der Waals surface area (Å²) in [4.78, 5) is 2.13. The zero-order valence-corrected chi connectivity index (χ0v) is 12.4. The fraction of sp³-hybridized carbons (Fsp3) is 0.286. The van der Waals surface area contributed by atoms with Crippen molar-refractivity contribution in [1.29, 1.82) is 0 Å². The molecule has 0 bridgehead atoms. The number of aliphatic hydroxyl groups is 1. The summed E-state index contributed by atoms with van der Waals surface area (Å²) in [6.07, 6.45) is 0.622. The molecule has 18 heavy (non-hydrogen) atoms. The third kappa shape index (κ3) is 3.19. The van der Waals surface area contributed by atoms with Crippen LogP contribution in [0.15, 0.2) is 34.8 Å². The van der Waals surface area contributed by atoms with E-state index in [1.807, 2.05) is 12.1 Å². The number of thiophene rings is 1. The van der Waals surface area contributed by atoms with E-state index in [0.29, 0.717) is 12.0 Å². The number of aryl methyl sites for hydroxylation is 1. The standard InChI is InChI=1S/C14H14BrFOS/c1-2-11-4-6-14(18-11)13(17)8-9-7-10(15)3-5-12(9)16/h3-7,13,17H,2,8H2,1H3. The molecule has 0 aliphatic rings. The van der Waals surface area contributed by atoms with Crippen molar-refractivity contribution in [3.8, 4) is 0 Å². The summed E-state index contributed by atoms with van der Waals surface area (Å²) in [5.41, 5.74) is 0.531. The van der Waals surface area contributed by atoms with Gasteiger partial charge in [-0.3, -0.25) is 0 Å². The van der Waals surface area contributed by atoms with E-state index in [2.05, 4.69) is 22.9 Å². The van der Waals surface area contributed by atoms with Gasteiger partial charge < -0.3 is 5.11 Å². The van der Waals surface area contributed by atoms with Gasteiger partial charge >= 0.3 is 0 Å². The van der Waals surface area contributed by atoms with E-state index < -0.39 is 6.10 Å². The third-order valence-electron chi connectivity index (χ3n) is 2.78. The molecule has 0 spiro atoms. The quantitative estimate of drug-likeness (QED) is 0.876. The van der Waals surface area contributed by atoms with Gasteiger partial charge in [0, 0.05) is 20.6 Å². The fourth-order valence-corrected chi connectivity index (χ4v) is 3.12. The first-order valence-corrected chi connectivity index (χ1v) is 7.41. The number of hydrogen-bond acceptors (Lipinski definition) is 2. The summed E-state index contributed by atoms with van der Waals surface area (Å²) in [6.45, 7) is 2.08. The van der Waals surface area contributed by atoms with Crippen molar-refractivity contribution in [2.75, 3.05) is 0 Å². The zero-order chi connectivity index (χ0) is 13.1. The number of halogens is 2. The molecule has 1 aromatic heterocycles. The topological polar surface area (TPSA) is 20.2 Å². The predicted molar refractivity (Wildman–Crippen MR) is 76.5 cm³/mol.